The van der Waals surface area contributed by atoms with Crippen molar-refractivity contribution < 1.29 is 9.59 Å². The number of nitrogens with two attached hydrogens (primary N) is 2. The highest BCUT2D eigenvalue weighted by molar-refractivity contribution is 6.04. The summed E-state index contributed by atoms with van der Waals surface area (Å²) in [4.78, 5) is 22.0. The number of carbonyl (C=O) groups is 1. The molecule has 1 unspecified atom stereocenters. The van der Waals surface area contributed by atoms with E-state index in [1.54, 1.807) is 18.1 Å². The van der Waals surface area contributed by atoms with E-state index in [1.807, 2.05) is 30.3 Å². The monoisotopic (exact) mass is 276 g/mol. The van der Waals surface area contributed by atoms with E-state index in [-0.39, 0.29) is 18.0 Å². The molecule has 0 radical (unpaired) electrons. The molecule has 0 bridgehead atoms. The minimum atomic E-state index is -1.14. The van der Waals surface area contributed by atoms with E-state index in [4.69, 9.17) is 11.5 Å². The Balaban J connectivity index is 0.00000180. The van der Waals surface area contributed by atoms with Crippen molar-refractivity contribution in [3.63, 3.8) is 0 Å². The lowest BCUT2D eigenvalue weighted by atomic mass is 9.97. The number of rotatable bonds is 3. The maximum atomic E-state index is 11.0. The molecule has 0 aliphatic carbocycles. The highest BCUT2D eigenvalue weighted by Gasteiger charge is 2.18. The maximum absolute atomic E-state index is 11.0. The molecule has 0 saturated carbocycles. The Morgan fingerprint density at radius 1 is 1.11 bits per heavy atom. The van der Waals surface area contributed by atoms with Crippen molar-refractivity contribution in [1.29, 1.82) is 0 Å². The lowest BCUT2D eigenvalue weighted by molar-refractivity contribution is -0.118. The number of fused-ring (bicyclic) bond motifs is 1. The van der Waals surface area contributed by atoms with Gasteiger partial charge in [-0.05, 0) is 22.4 Å². The van der Waals surface area contributed by atoms with Crippen molar-refractivity contribution in [2.45, 2.75) is 6.04 Å². The number of amides is 1. The molecule has 5 heteroatoms. The molecule has 0 aliphatic heterocycles. The van der Waals surface area contributed by atoms with E-state index in [1.165, 1.54) is 0 Å². The van der Waals surface area contributed by atoms with Crippen molar-refractivity contribution in [3.05, 3.63) is 48.0 Å². The summed E-state index contributed by atoms with van der Waals surface area (Å²) in [6.07, 6.45) is 0. The average molecular weight is 277 g/mol. The molecule has 2 aromatic carbocycles. The summed E-state index contributed by atoms with van der Waals surface area (Å²) in [5.74, 6) is 0.956. The molecule has 0 aliphatic rings. The third-order valence-electron chi connectivity index (χ3n) is 2.79. The van der Waals surface area contributed by atoms with Crippen LogP contribution in [0.25, 0.3) is 16.3 Å². The van der Waals surface area contributed by atoms with Gasteiger partial charge >= 0.3 is 0 Å². The van der Waals surface area contributed by atoms with Gasteiger partial charge in [0, 0.05) is 0 Å². The van der Waals surface area contributed by atoms with E-state index in [0.717, 1.165) is 10.8 Å². The zero-order chi connectivity index (χ0) is 13.1. The Morgan fingerprint density at radius 2 is 1.74 bits per heavy atom. The molecule has 4 N–H and O–H groups in total. The lowest BCUT2D eigenvalue weighted by Crippen LogP contribution is -2.37. The van der Waals surface area contributed by atoms with Gasteiger partial charge in [-0.25, -0.2) is 4.79 Å². The first-order valence-electron chi connectivity index (χ1n) is 5.42. The summed E-state index contributed by atoms with van der Waals surface area (Å²) >= 11 is 0. The Morgan fingerprint density at radius 3 is 2.32 bits per heavy atom. The first-order valence-corrected chi connectivity index (χ1v) is 5.42. The van der Waals surface area contributed by atoms with Crippen LogP contribution < -0.4 is 11.5 Å². The summed E-state index contributed by atoms with van der Waals surface area (Å²) in [7, 11) is 0. The molecule has 0 fully saturated rings. The lowest BCUT2D eigenvalue weighted by Gasteiger charge is -2.10. The van der Waals surface area contributed by atoms with Gasteiger partial charge in [-0.3, -0.25) is 4.79 Å². The number of halogens is 1. The number of carbonyl (C=O) groups excluding carboxylic acids is 2. The topological polar surface area (TPSA) is 86.2 Å². The van der Waals surface area contributed by atoms with Crippen molar-refractivity contribution >= 4 is 40.6 Å². The quantitative estimate of drug-likeness (QED) is 0.828. The number of hydrogen-bond acceptors (Lipinski definition) is 3. The molecule has 0 saturated heterocycles. The summed E-state index contributed by atoms with van der Waals surface area (Å²) in [5.41, 5.74) is 11.3. The van der Waals surface area contributed by atoms with Crippen LogP contribution in [-0.4, -0.2) is 17.9 Å². The molecular formula is C14H13ClN2O2. The summed E-state index contributed by atoms with van der Waals surface area (Å²) < 4.78 is 0. The van der Waals surface area contributed by atoms with Crippen LogP contribution >= 0.6 is 12.4 Å². The van der Waals surface area contributed by atoms with Crippen LogP contribution in [0.3, 0.4) is 0 Å². The molecule has 1 atom stereocenters. The van der Waals surface area contributed by atoms with Gasteiger partial charge in [0.15, 0.2) is 0 Å². The molecule has 19 heavy (non-hydrogen) atoms. The molecule has 4 nitrogen and oxygen atoms in total. The third-order valence-corrected chi connectivity index (χ3v) is 2.79. The largest absolute Gasteiger partial charge is 0.368 e. The predicted octanol–water partition coefficient (Wildman–Crippen LogP) is 1.29. The van der Waals surface area contributed by atoms with Gasteiger partial charge in [0.2, 0.25) is 5.91 Å². The highest BCUT2D eigenvalue weighted by Crippen LogP contribution is 2.21. The second-order valence-electron chi connectivity index (χ2n) is 3.96. The Bertz CT molecular complexity index is 663. The van der Waals surface area contributed by atoms with Gasteiger partial charge in [0.1, 0.15) is 12.0 Å². The standard InChI is InChI=1S/C14H12N2O2.ClH/c15-13(14(16)18)12(8-17)11-6-5-9-3-1-2-4-10(9)7-11;/h1-7,13H,15H2,(H2,16,18);1H. The number of benzene rings is 2. The second-order valence-corrected chi connectivity index (χ2v) is 3.96. The third kappa shape index (κ3) is 3.01. The summed E-state index contributed by atoms with van der Waals surface area (Å²) in [5, 5.41) is 2.00. The van der Waals surface area contributed by atoms with Crippen molar-refractivity contribution in [2.24, 2.45) is 11.5 Å². The molecular weight excluding hydrogens is 264 g/mol. The molecule has 0 spiro atoms. The highest BCUT2D eigenvalue weighted by atomic mass is 35.5. The zero-order valence-electron chi connectivity index (χ0n) is 10.00. The van der Waals surface area contributed by atoms with E-state index in [0.29, 0.717) is 5.56 Å². The fourth-order valence-electron chi connectivity index (χ4n) is 1.80. The van der Waals surface area contributed by atoms with Crippen LogP contribution in [0.15, 0.2) is 42.5 Å². The summed E-state index contributed by atoms with van der Waals surface area (Å²) in [6, 6.07) is 11.9. The molecule has 2 rings (SSSR count). The molecule has 0 aromatic heterocycles. The van der Waals surface area contributed by atoms with E-state index < -0.39 is 11.9 Å². The summed E-state index contributed by atoms with van der Waals surface area (Å²) in [6.45, 7) is 0. The molecule has 1 amide bonds. The fourth-order valence-corrected chi connectivity index (χ4v) is 1.80. The second kappa shape index (κ2) is 6.16. The van der Waals surface area contributed by atoms with Crippen LogP contribution in [0.5, 0.6) is 0 Å². The predicted molar refractivity (Wildman–Crippen MR) is 77.5 cm³/mol. The minimum Gasteiger partial charge on any atom is -0.368 e. The fraction of sp³-hybridized carbons (Fsp3) is 0.0714. The van der Waals surface area contributed by atoms with Gasteiger partial charge in [0.25, 0.3) is 0 Å². The number of primary amides is 1. The van der Waals surface area contributed by atoms with Crippen molar-refractivity contribution in [3.8, 4) is 0 Å². The maximum Gasteiger partial charge on any atom is 0.239 e. The van der Waals surface area contributed by atoms with Crippen LogP contribution in [0.1, 0.15) is 5.56 Å². The Kier molecular flexibility index (Phi) is 4.84. The van der Waals surface area contributed by atoms with Gasteiger partial charge in [0.05, 0.1) is 5.57 Å². The van der Waals surface area contributed by atoms with E-state index in [9.17, 15) is 9.59 Å². The van der Waals surface area contributed by atoms with E-state index in [2.05, 4.69) is 0 Å². The van der Waals surface area contributed by atoms with Crippen molar-refractivity contribution in [2.75, 3.05) is 0 Å². The Hall–Kier alpha value is -2.13. The van der Waals surface area contributed by atoms with Crippen LogP contribution in [-0.2, 0) is 9.59 Å². The van der Waals surface area contributed by atoms with Gasteiger partial charge in [-0.2, -0.15) is 0 Å². The van der Waals surface area contributed by atoms with Crippen LogP contribution in [0.4, 0.5) is 0 Å². The van der Waals surface area contributed by atoms with Gasteiger partial charge in [-0.1, -0.05) is 36.4 Å². The smallest absolute Gasteiger partial charge is 0.239 e. The average Bonchev–Trinajstić information content (AvgIpc) is 2.39. The number of hydrogen-bond donors (Lipinski definition) is 2. The van der Waals surface area contributed by atoms with E-state index >= 15 is 0 Å². The minimum absolute atomic E-state index is 0. The normalized spacial score (nSPS) is 11.2. The molecule has 0 heterocycles. The van der Waals surface area contributed by atoms with Crippen molar-refractivity contribution in [1.82, 2.24) is 0 Å². The van der Waals surface area contributed by atoms with Gasteiger partial charge in [-0.15, -0.1) is 12.4 Å². The first-order chi connectivity index (χ1) is 8.63. The van der Waals surface area contributed by atoms with Crippen LogP contribution in [0.2, 0.25) is 0 Å². The SMILES string of the molecule is Cl.NC(=O)C(N)C(=C=O)c1ccc2ccccc2c1. The first kappa shape index (κ1) is 14.9. The van der Waals surface area contributed by atoms with Gasteiger partial charge < -0.3 is 11.5 Å². The van der Waals surface area contributed by atoms with Crippen LogP contribution in [0, 0.1) is 0 Å². The Labute approximate surface area is 116 Å². The zero-order valence-corrected chi connectivity index (χ0v) is 10.8. The molecule has 2 aromatic rings. The molecule has 98 valence electrons.